The molecule has 2 aromatic heterocycles. The summed E-state index contributed by atoms with van der Waals surface area (Å²) in [6.45, 7) is 0. The molecule has 0 atom stereocenters. The van der Waals surface area contributed by atoms with Crippen molar-refractivity contribution in [2.24, 2.45) is 0 Å². The number of hydrogen-bond acceptors (Lipinski definition) is 2. The molecule has 20 heavy (non-hydrogen) atoms. The van der Waals surface area contributed by atoms with Gasteiger partial charge in [-0.2, -0.15) is 0 Å². The van der Waals surface area contributed by atoms with Crippen LogP contribution in [0.5, 0.6) is 0 Å². The molecule has 0 saturated heterocycles. The highest BCUT2D eigenvalue weighted by Gasteiger charge is 2.08. The smallest absolute Gasteiger partial charge is 0.0362 e. The van der Waals surface area contributed by atoms with Crippen LogP contribution in [0.1, 0.15) is 0 Å². The summed E-state index contributed by atoms with van der Waals surface area (Å²) >= 11 is 3.71. The molecule has 0 aliphatic heterocycles. The molecule has 0 nitrogen and oxygen atoms in total. The third-order valence-electron chi connectivity index (χ3n) is 3.95. The van der Waals surface area contributed by atoms with Gasteiger partial charge in [-0.25, -0.2) is 0 Å². The van der Waals surface area contributed by atoms with Crippen LogP contribution in [0, 0.1) is 0 Å². The fraction of sp³-hybridized carbons (Fsp3) is 0. The number of benzene rings is 3. The Kier molecular flexibility index (Phi) is 2.07. The van der Waals surface area contributed by atoms with E-state index in [1.54, 1.807) is 0 Å². The third-order valence-corrected chi connectivity index (χ3v) is 5.96. The van der Waals surface area contributed by atoms with Gasteiger partial charge in [-0.15, -0.1) is 22.7 Å². The van der Waals surface area contributed by atoms with Crippen LogP contribution < -0.4 is 0 Å². The van der Waals surface area contributed by atoms with Gasteiger partial charge in [0.25, 0.3) is 0 Å². The first-order valence-electron chi connectivity index (χ1n) is 6.61. The number of fused-ring (bicyclic) bond motifs is 6. The molecule has 0 N–H and O–H groups in total. The maximum Gasteiger partial charge on any atom is 0.0362 e. The van der Waals surface area contributed by atoms with Crippen molar-refractivity contribution in [3.05, 3.63) is 60.0 Å². The summed E-state index contributed by atoms with van der Waals surface area (Å²) < 4.78 is 4.13. The van der Waals surface area contributed by atoms with Gasteiger partial charge in [-0.1, -0.05) is 24.3 Å². The Morgan fingerprint density at radius 3 is 2.50 bits per heavy atom. The van der Waals surface area contributed by atoms with Crippen LogP contribution in [-0.2, 0) is 0 Å². The van der Waals surface area contributed by atoms with E-state index in [0.717, 1.165) is 0 Å². The normalized spacial score (nSPS) is 12.0. The Bertz CT molecular complexity index is 1100. The van der Waals surface area contributed by atoms with Crippen LogP contribution in [0.25, 0.3) is 41.0 Å². The standard InChI is InChI=1S/C18H10S2/c1-2-4-17-12(3-1)15-9-11-5-6-16-13(7-8-19-16)14(11)10-18(15)20-17/h1-10H. The third kappa shape index (κ3) is 1.35. The SMILES string of the molecule is c1ccc2c(c1)sc1cc3c(ccc4sccc43)cc12. The lowest BCUT2D eigenvalue weighted by Crippen LogP contribution is -1.73. The second kappa shape index (κ2) is 3.81. The van der Waals surface area contributed by atoms with Gasteiger partial charge in [0, 0.05) is 30.3 Å². The highest BCUT2D eigenvalue weighted by molar-refractivity contribution is 7.25. The summed E-state index contributed by atoms with van der Waals surface area (Å²) in [5.41, 5.74) is 0. The van der Waals surface area contributed by atoms with Crippen molar-refractivity contribution in [1.82, 2.24) is 0 Å². The van der Waals surface area contributed by atoms with Gasteiger partial charge in [-0.05, 0) is 46.5 Å². The molecule has 0 saturated carbocycles. The van der Waals surface area contributed by atoms with Crippen molar-refractivity contribution < 1.29 is 0 Å². The molecule has 0 spiro atoms. The van der Waals surface area contributed by atoms with E-state index in [9.17, 15) is 0 Å². The molecule has 2 heterocycles. The minimum atomic E-state index is 1.34. The van der Waals surface area contributed by atoms with Crippen LogP contribution >= 0.6 is 22.7 Å². The Morgan fingerprint density at radius 1 is 0.600 bits per heavy atom. The minimum Gasteiger partial charge on any atom is -0.144 e. The van der Waals surface area contributed by atoms with Gasteiger partial charge in [0.1, 0.15) is 0 Å². The van der Waals surface area contributed by atoms with Crippen LogP contribution in [0.3, 0.4) is 0 Å². The highest BCUT2D eigenvalue weighted by atomic mass is 32.1. The Morgan fingerprint density at radius 2 is 1.50 bits per heavy atom. The largest absolute Gasteiger partial charge is 0.144 e. The molecule has 0 bridgehead atoms. The summed E-state index contributed by atoms with van der Waals surface area (Å²) in [5.74, 6) is 0. The van der Waals surface area contributed by atoms with E-state index in [1.165, 1.54) is 41.0 Å². The molecule has 5 aromatic rings. The molecular weight excluding hydrogens is 280 g/mol. The van der Waals surface area contributed by atoms with E-state index in [4.69, 9.17) is 0 Å². The van der Waals surface area contributed by atoms with Gasteiger partial charge >= 0.3 is 0 Å². The number of thiophene rings is 2. The first-order chi connectivity index (χ1) is 9.90. The molecule has 0 aliphatic rings. The second-order valence-corrected chi connectivity index (χ2v) is 7.10. The average Bonchev–Trinajstić information content (AvgIpc) is 3.09. The Hall–Kier alpha value is -1.90. The summed E-state index contributed by atoms with van der Waals surface area (Å²) in [4.78, 5) is 0. The van der Waals surface area contributed by atoms with Crippen molar-refractivity contribution in [1.29, 1.82) is 0 Å². The van der Waals surface area contributed by atoms with Crippen molar-refractivity contribution >= 4 is 63.7 Å². The second-order valence-electron chi connectivity index (χ2n) is 5.07. The van der Waals surface area contributed by atoms with Gasteiger partial charge in [0.05, 0.1) is 0 Å². The predicted octanol–water partition coefficient (Wildman–Crippen LogP) is 6.42. The van der Waals surface area contributed by atoms with Gasteiger partial charge in [0.2, 0.25) is 0 Å². The minimum absolute atomic E-state index is 1.34. The summed E-state index contributed by atoms with van der Waals surface area (Å²) in [7, 11) is 0. The molecule has 0 radical (unpaired) electrons. The Labute approximate surface area is 123 Å². The van der Waals surface area contributed by atoms with Crippen molar-refractivity contribution in [3.8, 4) is 0 Å². The highest BCUT2D eigenvalue weighted by Crippen LogP contribution is 2.38. The molecule has 0 amide bonds. The lowest BCUT2D eigenvalue weighted by Gasteiger charge is -2.01. The van der Waals surface area contributed by atoms with E-state index in [2.05, 4.69) is 60.0 Å². The lowest BCUT2D eigenvalue weighted by molar-refractivity contribution is 1.86. The van der Waals surface area contributed by atoms with Crippen molar-refractivity contribution in [2.75, 3.05) is 0 Å². The van der Waals surface area contributed by atoms with E-state index in [1.807, 2.05) is 22.7 Å². The van der Waals surface area contributed by atoms with Crippen LogP contribution in [0.15, 0.2) is 60.0 Å². The number of hydrogen-bond donors (Lipinski definition) is 0. The topological polar surface area (TPSA) is 0 Å². The van der Waals surface area contributed by atoms with Crippen LogP contribution in [-0.4, -0.2) is 0 Å². The summed E-state index contributed by atoms with van der Waals surface area (Å²) in [6, 6.07) is 20.1. The molecule has 94 valence electrons. The summed E-state index contributed by atoms with van der Waals surface area (Å²) in [6.07, 6.45) is 0. The zero-order valence-corrected chi connectivity index (χ0v) is 12.2. The molecular formula is C18H10S2. The molecule has 0 aliphatic carbocycles. The van der Waals surface area contributed by atoms with E-state index in [0.29, 0.717) is 0 Å². The molecule has 2 heteroatoms. The first kappa shape index (κ1) is 10.8. The van der Waals surface area contributed by atoms with Gasteiger partial charge in [-0.3, -0.25) is 0 Å². The molecule has 0 unspecified atom stereocenters. The lowest BCUT2D eigenvalue weighted by atomic mass is 10.0. The van der Waals surface area contributed by atoms with E-state index >= 15 is 0 Å². The zero-order valence-electron chi connectivity index (χ0n) is 10.6. The van der Waals surface area contributed by atoms with E-state index < -0.39 is 0 Å². The Balaban J connectivity index is 2.06. The maximum absolute atomic E-state index is 2.37. The van der Waals surface area contributed by atoms with Crippen LogP contribution in [0.4, 0.5) is 0 Å². The van der Waals surface area contributed by atoms with Gasteiger partial charge < -0.3 is 0 Å². The summed E-state index contributed by atoms with van der Waals surface area (Å²) in [5, 5.41) is 9.04. The van der Waals surface area contributed by atoms with Gasteiger partial charge in [0.15, 0.2) is 0 Å². The molecule has 3 aromatic carbocycles. The zero-order chi connectivity index (χ0) is 13.1. The number of rotatable bonds is 0. The van der Waals surface area contributed by atoms with Crippen molar-refractivity contribution in [2.45, 2.75) is 0 Å². The van der Waals surface area contributed by atoms with E-state index in [-0.39, 0.29) is 0 Å². The fourth-order valence-electron chi connectivity index (χ4n) is 3.00. The average molecular weight is 290 g/mol. The molecule has 5 rings (SSSR count). The monoisotopic (exact) mass is 290 g/mol. The molecule has 0 fully saturated rings. The quantitative estimate of drug-likeness (QED) is 0.308. The fourth-order valence-corrected chi connectivity index (χ4v) is 4.93. The van der Waals surface area contributed by atoms with Crippen LogP contribution in [0.2, 0.25) is 0 Å². The predicted molar refractivity (Wildman–Crippen MR) is 92.2 cm³/mol. The maximum atomic E-state index is 2.37. The van der Waals surface area contributed by atoms with Crippen molar-refractivity contribution in [3.63, 3.8) is 0 Å². The first-order valence-corrected chi connectivity index (χ1v) is 8.31.